The molecule has 87 heavy (non-hydrogen) atoms. The summed E-state index contributed by atoms with van der Waals surface area (Å²) in [5, 5.41) is 16.0. The molecule has 6 aromatic rings. The third kappa shape index (κ3) is 14.3. The van der Waals surface area contributed by atoms with Crippen LogP contribution >= 0.6 is 0 Å². The number of rotatable bonds is 19. The number of fused-ring (bicyclic) bond motifs is 6. The molecule has 5 heterocycles. The van der Waals surface area contributed by atoms with E-state index in [-0.39, 0.29) is 63.0 Å². The molecule has 2 fully saturated rings. The van der Waals surface area contributed by atoms with Crippen molar-refractivity contribution in [3.8, 4) is 50.7 Å². The van der Waals surface area contributed by atoms with Gasteiger partial charge in [0.1, 0.15) is 48.0 Å². The van der Waals surface area contributed by atoms with Crippen LogP contribution in [0.4, 0.5) is 24.1 Å². The highest BCUT2D eigenvalue weighted by atomic mass is 19.1. The van der Waals surface area contributed by atoms with Gasteiger partial charge in [0.15, 0.2) is 5.69 Å². The second kappa shape index (κ2) is 26.3. The summed E-state index contributed by atoms with van der Waals surface area (Å²) in [7, 11) is 1.48. The van der Waals surface area contributed by atoms with Crippen molar-refractivity contribution in [3.63, 3.8) is 0 Å². The molecule has 4 aromatic carbocycles. The summed E-state index contributed by atoms with van der Waals surface area (Å²) >= 11 is 0. The third-order valence-electron chi connectivity index (χ3n) is 15.7. The number of methoxy groups -OCH3 is 1. The molecule has 1 atom stereocenters. The maximum absolute atomic E-state index is 14.9. The van der Waals surface area contributed by atoms with E-state index in [1.54, 1.807) is 55.0 Å². The minimum Gasteiger partial charge on any atom is -0.496 e. The number of amides is 6. The Hall–Kier alpha value is -8.96. The van der Waals surface area contributed by atoms with Crippen molar-refractivity contribution in [2.45, 2.75) is 90.0 Å². The molecule has 0 spiro atoms. The van der Waals surface area contributed by atoms with Crippen molar-refractivity contribution in [3.05, 3.63) is 131 Å². The second-order valence-electron chi connectivity index (χ2n) is 23.5. The normalized spacial score (nSPS) is 15.6. The molecule has 0 saturated carbocycles. The van der Waals surface area contributed by atoms with Crippen LogP contribution in [0.1, 0.15) is 93.4 Å². The third-order valence-corrected chi connectivity index (χ3v) is 15.7. The molecule has 4 aliphatic rings. The Bertz CT molecular complexity index is 3510. The van der Waals surface area contributed by atoms with Crippen LogP contribution in [-0.2, 0) is 35.2 Å². The zero-order chi connectivity index (χ0) is 61.6. The average Bonchev–Trinajstić information content (AvgIpc) is 2.14. The summed E-state index contributed by atoms with van der Waals surface area (Å²) in [4.78, 5) is 90.7. The van der Waals surface area contributed by atoms with Gasteiger partial charge in [-0.2, -0.15) is 5.10 Å². The summed E-state index contributed by atoms with van der Waals surface area (Å²) in [5.41, 5.74) is 5.78. The monoisotopic (exact) mass is 1190 g/mol. The Balaban J connectivity index is 0.767. The number of carbonyl (C=O) groups excluding carboxylic acids is 6. The lowest BCUT2D eigenvalue weighted by atomic mass is 9.95. The van der Waals surface area contributed by atoms with Gasteiger partial charge in [-0.05, 0) is 100 Å². The molecule has 0 bridgehead atoms. The van der Waals surface area contributed by atoms with E-state index in [1.807, 2.05) is 43.0 Å². The Morgan fingerprint density at radius 3 is 2.21 bits per heavy atom. The van der Waals surface area contributed by atoms with Crippen LogP contribution in [0, 0.1) is 11.6 Å². The number of unbranched alkanes of at least 4 members (excludes halogenated alkanes) is 1. The fraction of sp³-hybridized carbons (Fsp3) is 0.406. The quantitative estimate of drug-likeness (QED) is 0.0560. The van der Waals surface area contributed by atoms with Crippen molar-refractivity contribution in [2.75, 3.05) is 84.6 Å². The van der Waals surface area contributed by atoms with E-state index < -0.39 is 64.6 Å². The molecule has 3 aliphatic heterocycles. The molecule has 10 rings (SSSR count). The number of hydrogen-bond acceptors (Lipinski definition) is 14. The topological polar surface area (TPSA) is 237 Å². The van der Waals surface area contributed by atoms with Crippen LogP contribution in [0.5, 0.6) is 11.5 Å². The minimum absolute atomic E-state index is 0.0269. The van der Waals surface area contributed by atoms with E-state index in [1.165, 1.54) is 18.0 Å². The first-order valence-electron chi connectivity index (χ1n) is 29.2. The first-order chi connectivity index (χ1) is 41.7. The number of aromatic nitrogens is 3. The molecule has 21 nitrogen and oxygen atoms in total. The molecule has 4 N–H and O–H groups in total. The largest absolute Gasteiger partial charge is 0.496 e. The highest BCUT2D eigenvalue weighted by molar-refractivity contribution is 5.98. The van der Waals surface area contributed by atoms with Crippen molar-refractivity contribution in [1.82, 2.24) is 45.4 Å². The number of benzene rings is 4. The zero-order valence-corrected chi connectivity index (χ0v) is 49.6. The number of nitrogens with one attached hydrogen (secondary N) is 4. The maximum Gasteiger partial charge on any atom is 0.409 e. The van der Waals surface area contributed by atoms with Gasteiger partial charge in [-0.1, -0.05) is 48.5 Å². The molecule has 2 saturated heterocycles. The summed E-state index contributed by atoms with van der Waals surface area (Å²) in [6.07, 6.45) is 3.03. The van der Waals surface area contributed by atoms with Gasteiger partial charge >= 0.3 is 12.2 Å². The van der Waals surface area contributed by atoms with Crippen LogP contribution in [0.15, 0.2) is 97.3 Å². The fourth-order valence-corrected chi connectivity index (χ4v) is 11.4. The predicted octanol–water partition coefficient (Wildman–Crippen LogP) is 8.22. The number of pyridine rings is 1. The lowest BCUT2D eigenvalue weighted by Gasteiger charge is -2.41. The number of ether oxygens (including phenoxy) is 5. The van der Waals surface area contributed by atoms with E-state index in [4.69, 9.17) is 28.8 Å². The smallest absolute Gasteiger partial charge is 0.409 e. The number of nitrogens with zero attached hydrogens (tertiary/aromatic N) is 6. The summed E-state index contributed by atoms with van der Waals surface area (Å²) in [6, 6.07) is 23.4. The Morgan fingerprint density at radius 2 is 1.52 bits per heavy atom. The van der Waals surface area contributed by atoms with E-state index in [9.17, 15) is 37.5 Å². The lowest BCUT2D eigenvalue weighted by molar-refractivity contribution is -0.130. The van der Waals surface area contributed by atoms with Crippen molar-refractivity contribution < 1.29 is 61.2 Å². The standard InChI is InChI=1S/C64H72F2N10O11/c1-63(2,3)87-61(81)69-19-12-11-17-52(71-56(78)35-73-21-23-74(24-22-73)62(82)86-36-50-46-15-9-7-13-44(46)45-14-8-10-16-47(45)50)59(79)68-20-18-55(77)70-42-27-39(33-67-34-42)48-31-49-54(32-53(48)83-6)85-37-51-57(60(80)75-25-26-84-38-64(75,4)5)72-76(58(49)51)43-29-40(65)28-41(66)30-43/h7-10,13-16,27-34,50,52H,11-12,17-26,35-38H2,1-6H3,(H,68,79)(H,69,81)(H,70,77)(H,71,78)/t52-/m1/s1. The summed E-state index contributed by atoms with van der Waals surface area (Å²) in [5.74, 6) is -2.79. The van der Waals surface area contributed by atoms with Gasteiger partial charge in [-0.15, -0.1) is 0 Å². The maximum atomic E-state index is 14.9. The zero-order valence-electron chi connectivity index (χ0n) is 49.6. The highest BCUT2D eigenvalue weighted by Gasteiger charge is 2.40. The van der Waals surface area contributed by atoms with Crippen LogP contribution in [0.3, 0.4) is 0 Å². The van der Waals surface area contributed by atoms with E-state index in [0.717, 1.165) is 40.5 Å². The summed E-state index contributed by atoms with van der Waals surface area (Å²) in [6.45, 7) is 11.7. The molecule has 0 radical (unpaired) electrons. The van der Waals surface area contributed by atoms with Crippen molar-refractivity contribution in [2.24, 2.45) is 0 Å². The van der Waals surface area contributed by atoms with Crippen molar-refractivity contribution >= 4 is 41.5 Å². The molecule has 23 heteroatoms. The van der Waals surface area contributed by atoms with Gasteiger partial charge in [0.05, 0.1) is 55.7 Å². The molecule has 2 aromatic heterocycles. The molecule has 0 unspecified atom stereocenters. The number of hydrogen-bond donors (Lipinski definition) is 4. The van der Waals surface area contributed by atoms with E-state index in [2.05, 4.69) is 50.5 Å². The average molecular weight is 1200 g/mol. The SMILES string of the molecule is COc1cc2c(cc1-c1cncc(NC(=O)CCNC(=O)[C@@H](CCCCNC(=O)OC(C)(C)C)NC(=O)CN3CCN(C(=O)OCC4c5ccccc5-c5ccccc54)CC3)c1)-c1c(c(C(=O)N3CCOCC3(C)C)nn1-c1cc(F)cc(F)c1)CO2. The Kier molecular flexibility index (Phi) is 18.5. The number of anilines is 1. The van der Waals surface area contributed by atoms with Gasteiger partial charge in [0.25, 0.3) is 5.91 Å². The van der Waals surface area contributed by atoms with Gasteiger partial charge in [0.2, 0.25) is 17.7 Å². The van der Waals surface area contributed by atoms with E-state index >= 15 is 0 Å². The molecular formula is C64H72F2N10O11. The number of piperazine rings is 1. The van der Waals surface area contributed by atoms with Crippen LogP contribution in [-0.4, -0.2) is 162 Å². The Labute approximate surface area is 503 Å². The van der Waals surface area contributed by atoms with Gasteiger partial charge in [0, 0.05) is 98.7 Å². The minimum atomic E-state index is -0.976. The molecule has 6 amide bonds. The molecular weight excluding hydrogens is 1120 g/mol. The first-order valence-corrected chi connectivity index (χ1v) is 29.2. The van der Waals surface area contributed by atoms with Crippen LogP contribution < -0.4 is 30.7 Å². The van der Waals surface area contributed by atoms with Crippen LogP contribution in [0.2, 0.25) is 0 Å². The lowest BCUT2D eigenvalue weighted by Crippen LogP contribution is -2.55. The summed E-state index contributed by atoms with van der Waals surface area (Å²) < 4.78 is 60.1. The van der Waals surface area contributed by atoms with Gasteiger partial charge < -0.3 is 54.8 Å². The van der Waals surface area contributed by atoms with Crippen molar-refractivity contribution in [1.29, 1.82) is 0 Å². The van der Waals surface area contributed by atoms with Gasteiger partial charge in [-0.3, -0.25) is 29.1 Å². The van der Waals surface area contributed by atoms with E-state index in [0.29, 0.717) is 104 Å². The van der Waals surface area contributed by atoms with Crippen LogP contribution in [0.25, 0.3) is 39.2 Å². The number of halogens is 2. The number of morpholine rings is 1. The number of alkyl carbamates (subject to hydrolysis) is 1. The Morgan fingerprint density at radius 1 is 0.805 bits per heavy atom. The first kappa shape index (κ1) is 61.1. The predicted molar refractivity (Wildman–Crippen MR) is 318 cm³/mol. The highest BCUT2D eigenvalue weighted by Crippen LogP contribution is 2.47. The molecule has 458 valence electrons. The number of carbonyl (C=O) groups is 6. The molecule has 1 aliphatic carbocycles. The second-order valence-corrected chi connectivity index (χ2v) is 23.5. The van der Waals surface area contributed by atoms with Gasteiger partial charge in [-0.25, -0.2) is 23.1 Å². The fourth-order valence-electron chi connectivity index (χ4n) is 11.4.